The van der Waals surface area contributed by atoms with Crippen LogP contribution >= 0.6 is 0 Å². The van der Waals surface area contributed by atoms with Gasteiger partial charge in [-0.25, -0.2) is 0 Å². The molecule has 0 aliphatic carbocycles. The Morgan fingerprint density at radius 3 is 3.00 bits per heavy atom. The number of amides is 1. The van der Waals surface area contributed by atoms with Crippen molar-refractivity contribution in [1.29, 1.82) is 0 Å². The minimum atomic E-state index is 0.255. The molecule has 0 aromatic carbocycles. The molecule has 0 spiro atoms. The summed E-state index contributed by atoms with van der Waals surface area (Å²) in [5.74, 6) is 2.04. The number of hydrogen-bond donors (Lipinski definition) is 1. The molecule has 4 nitrogen and oxygen atoms in total. The quantitative estimate of drug-likeness (QED) is 0.786. The SMILES string of the molecule is CCNCCC1CCC(=O)N1Cc1ccc(C)o1. The van der Waals surface area contributed by atoms with Gasteiger partial charge in [-0.3, -0.25) is 4.79 Å². The van der Waals surface area contributed by atoms with Gasteiger partial charge in [-0.2, -0.15) is 0 Å². The van der Waals surface area contributed by atoms with E-state index in [0.717, 1.165) is 37.5 Å². The highest BCUT2D eigenvalue weighted by atomic mass is 16.3. The molecule has 0 saturated carbocycles. The van der Waals surface area contributed by atoms with Crippen LogP contribution in [0.25, 0.3) is 0 Å². The fraction of sp³-hybridized carbons (Fsp3) is 0.643. The standard InChI is InChI=1S/C14H22N2O2/c1-3-15-9-8-12-5-7-14(17)16(12)10-13-6-4-11(2)18-13/h4,6,12,15H,3,5,7-10H2,1-2H3. The molecule has 1 unspecified atom stereocenters. The van der Waals surface area contributed by atoms with Crippen molar-refractivity contribution in [1.82, 2.24) is 10.2 Å². The number of hydrogen-bond acceptors (Lipinski definition) is 3. The number of carbonyl (C=O) groups excluding carboxylic acids is 1. The molecular weight excluding hydrogens is 228 g/mol. The Kier molecular flexibility index (Phi) is 4.42. The van der Waals surface area contributed by atoms with Crippen molar-refractivity contribution in [3.8, 4) is 0 Å². The van der Waals surface area contributed by atoms with Crippen molar-refractivity contribution >= 4 is 5.91 Å². The zero-order valence-corrected chi connectivity index (χ0v) is 11.2. The molecule has 1 fully saturated rings. The topological polar surface area (TPSA) is 45.5 Å². The Hall–Kier alpha value is -1.29. The van der Waals surface area contributed by atoms with Gasteiger partial charge in [0.1, 0.15) is 11.5 Å². The van der Waals surface area contributed by atoms with Crippen LogP contribution < -0.4 is 5.32 Å². The fourth-order valence-electron chi connectivity index (χ4n) is 2.49. The maximum atomic E-state index is 11.9. The van der Waals surface area contributed by atoms with Gasteiger partial charge >= 0.3 is 0 Å². The number of carbonyl (C=O) groups is 1. The summed E-state index contributed by atoms with van der Waals surface area (Å²) in [6.07, 6.45) is 2.68. The van der Waals surface area contributed by atoms with Crippen molar-refractivity contribution in [2.45, 2.75) is 45.7 Å². The number of nitrogens with zero attached hydrogens (tertiary/aromatic N) is 1. The number of aryl methyl sites for hydroxylation is 1. The first kappa shape index (κ1) is 13.1. The van der Waals surface area contributed by atoms with Gasteiger partial charge < -0.3 is 14.6 Å². The summed E-state index contributed by atoms with van der Waals surface area (Å²) in [6.45, 7) is 6.60. The van der Waals surface area contributed by atoms with E-state index >= 15 is 0 Å². The number of rotatable bonds is 6. The minimum Gasteiger partial charge on any atom is -0.464 e. The molecular formula is C14H22N2O2. The molecule has 100 valence electrons. The first-order chi connectivity index (χ1) is 8.70. The van der Waals surface area contributed by atoms with Crippen LogP contribution in [0.1, 0.15) is 37.7 Å². The number of nitrogens with one attached hydrogen (secondary N) is 1. The van der Waals surface area contributed by atoms with E-state index in [4.69, 9.17) is 4.42 Å². The summed E-state index contributed by atoms with van der Waals surface area (Å²) in [5.41, 5.74) is 0. The predicted molar refractivity (Wildman–Crippen MR) is 70.2 cm³/mol. The molecule has 1 aromatic rings. The molecule has 1 atom stereocenters. The van der Waals surface area contributed by atoms with Gasteiger partial charge in [0.15, 0.2) is 0 Å². The molecule has 1 N–H and O–H groups in total. The molecule has 1 amide bonds. The second kappa shape index (κ2) is 6.05. The van der Waals surface area contributed by atoms with Crippen LogP contribution in [-0.4, -0.2) is 29.9 Å². The van der Waals surface area contributed by atoms with E-state index in [-0.39, 0.29) is 5.91 Å². The van der Waals surface area contributed by atoms with Crippen molar-refractivity contribution in [3.05, 3.63) is 23.7 Å². The summed E-state index contributed by atoms with van der Waals surface area (Å²) in [6, 6.07) is 4.27. The lowest BCUT2D eigenvalue weighted by Crippen LogP contribution is -2.34. The first-order valence-electron chi connectivity index (χ1n) is 6.76. The van der Waals surface area contributed by atoms with Crippen LogP contribution in [0.4, 0.5) is 0 Å². The van der Waals surface area contributed by atoms with Crippen LogP contribution in [0.15, 0.2) is 16.5 Å². The zero-order valence-electron chi connectivity index (χ0n) is 11.2. The van der Waals surface area contributed by atoms with Gasteiger partial charge in [0, 0.05) is 12.5 Å². The third-order valence-electron chi connectivity index (χ3n) is 3.48. The average Bonchev–Trinajstić information content (AvgIpc) is 2.90. The molecule has 1 aromatic heterocycles. The van der Waals surface area contributed by atoms with E-state index in [0.29, 0.717) is 19.0 Å². The van der Waals surface area contributed by atoms with Crippen LogP contribution in [-0.2, 0) is 11.3 Å². The number of furan rings is 1. The van der Waals surface area contributed by atoms with Crippen LogP contribution in [0.5, 0.6) is 0 Å². The molecule has 1 saturated heterocycles. The molecule has 1 aliphatic heterocycles. The first-order valence-corrected chi connectivity index (χ1v) is 6.76. The Labute approximate surface area is 108 Å². The summed E-state index contributed by atoms with van der Waals surface area (Å²) < 4.78 is 5.56. The Morgan fingerprint density at radius 1 is 1.50 bits per heavy atom. The average molecular weight is 250 g/mol. The summed E-state index contributed by atoms with van der Waals surface area (Å²) in [5, 5.41) is 3.32. The maximum Gasteiger partial charge on any atom is 0.223 e. The lowest BCUT2D eigenvalue weighted by Gasteiger charge is -2.24. The van der Waals surface area contributed by atoms with Crippen LogP contribution in [0.2, 0.25) is 0 Å². The smallest absolute Gasteiger partial charge is 0.223 e. The summed E-state index contributed by atoms with van der Waals surface area (Å²) in [7, 11) is 0. The van der Waals surface area contributed by atoms with Crippen LogP contribution in [0.3, 0.4) is 0 Å². The van der Waals surface area contributed by atoms with Gasteiger partial charge in [-0.1, -0.05) is 6.92 Å². The zero-order chi connectivity index (χ0) is 13.0. The third kappa shape index (κ3) is 3.13. The molecule has 1 aliphatic rings. The fourth-order valence-corrected chi connectivity index (χ4v) is 2.49. The Morgan fingerprint density at radius 2 is 2.33 bits per heavy atom. The second-order valence-electron chi connectivity index (χ2n) is 4.87. The van der Waals surface area contributed by atoms with E-state index in [2.05, 4.69) is 12.2 Å². The van der Waals surface area contributed by atoms with E-state index in [1.54, 1.807) is 0 Å². The highest BCUT2D eigenvalue weighted by Crippen LogP contribution is 2.24. The third-order valence-corrected chi connectivity index (χ3v) is 3.48. The summed E-state index contributed by atoms with van der Waals surface area (Å²) in [4.78, 5) is 13.9. The second-order valence-corrected chi connectivity index (χ2v) is 4.87. The predicted octanol–water partition coefficient (Wildman–Crippen LogP) is 2.08. The Bertz CT molecular complexity index is 400. The maximum absolute atomic E-state index is 11.9. The lowest BCUT2D eigenvalue weighted by atomic mass is 10.1. The van der Waals surface area contributed by atoms with E-state index in [1.807, 2.05) is 24.0 Å². The molecule has 2 rings (SSSR count). The van der Waals surface area contributed by atoms with Gasteiger partial charge in [-0.15, -0.1) is 0 Å². The van der Waals surface area contributed by atoms with Gasteiger partial charge in [-0.05, 0) is 45.0 Å². The van der Waals surface area contributed by atoms with E-state index in [9.17, 15) is 4.79 Å². The van der Waals surface area contributed by atoms with Crippen molar-refractivity contribution < 1.29 is 9.21 Å². The largest absolute Gasteiger partial charge is 0.464 e. The summed E-state index contributed by atoms with van der Waals surface area (Å²) >= 11 is 0. The van der Waals surface area contributed by atoms with Crippen molar-refractivity contribution in [2.24, 2.45) is 0 Å². The highest BCUT2D eigenvalue weighted by Gasteiger charge is 2.30. The van der Waals surface area contributed by atoms with E-state index < -0.39 is 0 Å². The van der Waals surface area contributed by atoms with Gasteiger partial charge in [0.2, 0.25) is 5.91 Å². The highest BCUT2D eigenvalue weighted by molar-refractivity contribution is 5.78. The minimum absolute atomic E-state index is 0.255. The molecule has 0 bridgehead atoms. The van der Waals surface area contributed by atoms with E-state index in [1.165, 1.54) is 0 Å². The van der Waals surface area contributed by atoms with Crippen molar-refractivity contribution in [3.63, 3.8) is 0 Å². The molecule has 0 radical (unpaired) electrons. The van der Waals surface area contributed by atoms with Crippen LogP contribution in [0, 0.1) is 6.92 Å². The lowest BCUT2D eigenvalue weighted by molar-refractivity contribution is -0.129. The normalized spacial score (nSPS) is 19.8. The molecule has 4 heteroatoms. The number of likely N-dealkylation sites (tertiary alicyclic amines) is 1. The van der Waals surface area contributed by atoms with Gasteiger partial charge in [0.25, 0.3) is 0 Å². The monoisotopic (exact) mass is 250 g/mol. The molecule has 18 heavy (non-hydrogen) atoms. The van der Waals surface area contributed by atoms with Crippen molar-refractivity contribution in [2.75, 3.05) is 13.1 Å². The Balaban J connectivity index is 1.92. The molecule has 2 heterocycles. The van der Waals surface area contributed by atoms with Gasteiger partial charge in [0.05, 0.1) is 6.54 Å².